The highest BCUT2D eigenvalue weighted by Gasteiger charge is 2.34. The van der Waals surface area contributed by atoms with Gasteiger partial charge in [-0.3, -0.25) is 4.31 Å². The van der Waals surface area contributed by atoms with Crippen LogP contribution in [0.4, 0.5) is 17.1 Å². The van der Waals surface area contributed by atoms with Crippen LogP contribution in [0.3, 0.4) is 0 Å². The lowest BCUT2D eigenvalue weighted by molar-refractivity contribution is 0.592. The van der Waals surface area contributed by atoms with Crippen molar-refractivity contribution in [1.82, 2.24) is 0 Å². The van der Waals surface area contributed by atoms with E-state index in [2.05, 4.69) is 41.3 Å². The maximum atomic E-state index is 13.1. The van der Waals surface area contributed by atoms with Crippen molar-refractivity contribution in [3.05, 3.63) is 84.4 Å². The van der Waals surface area contributed by atoms with Crippen LogP contribution < -0.4 is 9.21 Å². The molecule has 1 aliphatic heterocycles. The minimum absolute atomic E-state index is 0.343. The molecular formula is C23H22N2O2S. The van der Waals surface area contributed by atoms with Crippen LogP contribution in [0.1, 0.15) is 18.4 Å². The summed E-state index contributed by atoms with van der Waals surface area (Å²) in [6.07, 6.45) is 3.13. The molecule has 0 radical (unpaired) electrons. The van der Waals surface area contributed by atoms with Gasteiger partial charge in [0.15, 0.2) is 0 Å². The van der Waals surface area contributed by atoms with E-state index < -0.39 is 10.0 Å². The van der Waals surface area contributed by atoms with Gasteiger partial charge in [-0.2, -0.15) is 0 Å². The third-order valence-electron chi connectivity index (χ3n) is 5.47. The van der Waals surface area contributed by atoms with Crippen molar-refractivity contribution < 1.29 is 8.42 Å². The molecule has 0 unspecified atom stereocenters. The van der Waals surface area contributed by atoms with Gasteiger partial charge in [-0.1, -0.05) is 36.4 Å². The molecule has 1 heterocycles. The Labute approximate surface area is 166 Å². The number of anilines is 3. The van der Waals surface area contributed by atoms with Crippen LogP contribution in [0.5, 0.6) is 0 Å². The lowest BCUT2D eigenvalue weighted by atomic mass is 10.1. The van der Waals surface area contributed by atoms with Gasteiger partial charge in [0.25, 0.3) is 10.0 Å². The van der Waals surface area contributed by atoms with Gasteiger partial charge in [0.1, 0.15) is 0 Å². The standard InChI is InChI=1S/C23H22N2O2S/c26-28(27,22-9-5-2-6-10-22)24-16-15-18-17-21(13-14-23(18)24)25(20-11-12-20)19-7-3-1-4-8-19/h1-10,13-14,17,20H,11-12,15-16H2. The second-order valence-electron chi connectivity index (χ2n) is 7.39. The molecule has 0 saturated heterocycles. The molecule has 0 amide bonds. The smallest absolute Gasteiger partial charge is 0.264 e. The molecule has 0 spiro atoms. The van der Waals surface area contributed by atoms with Gasteiger partial charge < -0.3 is 4.90 Å². The molecule has 3 aromatic rings. The minimum Gasteiger partial charge on any atom is -0.338 e. The van der Waals surface area contributed by atoms with Gasteiger partial charge in [0.05, 0.1) is 10.6 Å². The summed E-state index contributed by atoms with van der Waals surface area (Å²) in [5.74, 6) is 0. The Hall–Kier alpha value is -2.79. The number of rotatable bonds is 5. The van der Waals surface area contributed by atoms with Gasteiger partial charge in [-0.15, -0.1) is 0 Å². The molecule has 5 heteroatoms. The normalized spacial score (nSPS) is 16.1. The van der Waals surface area contributed by atoms with Gasteiger partial charge in [0, 0.05) is 24.0 Å². The second kappa shape index (κ2) is 6.67. The molecule has 0 N–H and O–H groups in total. The van der Waals surface area contributed by atoms with Crippen molar-refractivity contribution >= 4 is 27.1 Å². The zero-order chi connectivity index (χ0) is 19.1. The van der Waals surface area contributed by atoms with Crippen molar-refractivity contribution in [2.75, 3.05) is 15.7 Å². The third kappa shape index (κ3) is 2.96. The van der Waals surface area contributed by atoms with Crippen LogP contribution in [0.25, 0.3) is 0 Å². The fourth-order valence-electron chi connectivity index (χ4n) is 3.97. The van der Waals surface area contributed by atoms with Crippen LogP contribution in [0.15, 0.2) is 83.8 Å². The van der Waals surface area contributed by atoms with Crippen molar-refractivity contribution in [3.8, 4) is 0 Å². The molecule has 0 atom stereocenters. The lowest BCUT2D eigenvalue weighted by Crippen LogP contribution is -2.29. The number of hydrogen-bond acceptors (Lipinski definition) is 3. The lowest BCUT2D eigenvalue weighted by Gasteiger charge is -2.26. The van der Waals surface area contributed by atoms with Crippen molar-refractivity contribution in [3.63, 3.8) is 0 Å². The molecular weight excluding hydrogens is 368 g/mol. The van der Waals surface area contributed by atoms with Crippen molar-refractivity contribution in [2.24, 2.45) is 0 Å². The molecule has 3 aromatic carbocycles. The minimum atomic E-state index is -3.52. The number of para-hydroxylation sites is 1. The molecule has 0 bridgehead atoms. The fraction of sp³-hybridized carbons (Fsp3) is 0.217. The monoisotopic (exact) mass is 390 g/mol. The van der Waals surface area contributed by atoms with Crippen LogP contribution in [-0.2, 0) is 16.4 Å². The van der Waals surface area contributed by atoms with E-state index in [0.717, 1.165) is 23.4 Å². The van der Waals surface area contributed by atoms with Crippen LogP contribution in [0, 0.1) is 0 Å². The number of nitrogens with zero attached hydrogens (tertiary/aromatic N) is 2. The highest BCUT2D eigenvalue weighted by molar-refractivity contribution is 7.92. The third-order valence-corrected chi connectivity index (χ3v) is 7.30. The topological polar surface area (TPSA) is 40.6 Å². The highest BCUT2D eigenvalue weighted by atomic mass is 32.2. The maximum Gasteiger partial charge on any atom is 0.264 e. The Morgan fingerprint density at radius 1 is 0.821 bits per heavy atom. The molecule has 28 heavy (non-hydrogen) atoms. The molecule has 1 fully saturated rings. The Morgan fingerprint density at radius 3 is 2.18 bits per heavy atom. The first kappa shape index (κ1) is 17.3. The predicted octanol–water partition coefficient (Wildman–Crippen LogP) is 4.74. The Balaban J connectivity index is 1.51. The quantitative estimate of drug-likeness (QED) is 0.632. The van der Waals surface area contributed by atoms with Crippen LogP contribution in [-0.4, -0.2) is 21.0 Å². The zero-order valence-corrected chi connectivity index (χ0v) is 16.3. The summed E-state index contributed by atoms with van der Waals surface area (Å²) in [6, 6.07) is 25.8. The van der Waals surface area contributed by atoms with Crippen LogP contribution >= 0.6 is 0 Å². The van der Waals surface area contributed by atoms with E-state index in [1.165, 1.54) is 18.5 Å². The number of sulfonamides is 1. The summed E-state index contributed by atoms with van der Waals surface area (Å²) >= 11 is 0. The van der Waals surface area contributed by atoms with E-state index in [4.69, 9.17) is 0 Å². The first-order valence-corrected chi connectivity index (χ1v) is 11.1. The Bertz CT molecular complexity index is 1090. The summed E-state index contributed by atoms with van der Waals surface area (Å²) in [6.45, 7) is 0.491. The van der Waals surface area contributed by atoms with Gasteiger partial charge in [-0.25, -0.2) is 8.42 Å². The molecule has 5 rings (SSSR count). The van der Waals surface area contributed by atoms with E-state index in [0.29, 0.717) is 17.5 Å². The first-order chi connectivity index (χ1) is 13.6. The van der Waals surface area contributed by atoms with Gasteiger partial charge in [0.2, 0.25) is 0 Å². The molecule has 0 aromatic heterocycles. The zero-order valence-electron chi connectivity index (χ0n) is 15.5. The summed E-state index contributed by atoms with van der Waals surface area (Å²) < 4.78 is 27.7. The molecule has 2 aliphatic rings. The molecule has 1 saturated carbocycles. The van der Waals surface area contributed by atoms with Gasteiger partial charge >= 0.3 is 0 Å². The summed E-state index contributed by atoms with van der Waals surface area (Å²) in [7, 11) is -3.52. The average Bonchev–Trinajstić information content (AvgIpc) is 3.46. The first-order valence-electron chi connectivity index (χ1n) is 9.69. The molecule has 4 nitrogen and oxygen atoms in total. The summed E-state index contributed by atoms with van der Waals surface area (Å²) in [5.41, 5.74) is 4.23. The Morgan fingerprint density at radius 2 is 1.50 bits per heavy atom. The number of hydrogen-bond donors (Lipinski definition) is 0. The van der Waals surface area contributed by atoms with Gasteiger partial charge in [-0.05, 0) is 67.3 Å². The van der Waals surface area contributed by atoms with E-state index in [9.17, 15) is 8.42 Å². The maximum absolute atomic E-state index is 13.1. The Kier molecular flexibility index (Phi) is 4.13. The highest BCUT2D eigenvalue weighted by Crippen LogP contribution is 2.41. The largest absolute Gasteiger partial charge is 0.338 e. The molecule has 1 aliphatic carbocycles. The van der Waals surface area contributed by atoms with E-state index in [1.54, 1.807) is 28.6 Å². The predicted molar refractivity (Wildman–Crippen MR) is 113 cm³/mol. The van der Waals surface area contributed by atoms with E-state index in [-0.39, 0.29) is 0 Å². The van der Waals surface area contributed by atoms with Crippen LogP contribution in [0.2, 0.25) is 0 Å². The second-order valence-corrected chi connectivity index (χ2v) is 9.25. The number of fused-ring (bicyclic) bond motifs is 1. The molecule has 142 valence electrons. The van der Waals surface area contributed by atoms with Crippen molar-refractivity contribution in [2.45, 2.75) is 30.2 Å². The van der Waals surface area contributed by atoms with Crippen molar-refractivity contribution in [1.29, 1.82) is 0 Å². The average molecular weight is 391 g/mol. The summed E-state index contributed by atoms with van der Waals surface area (Å²) in [4.78, 5) is 2.73. The number of benzene rings is 3. The van der Waals surface area contributed by atoms with E-state index in [1.807, 2.05) is 18.2 Å². The SMILES string of the molecule is O=S(=O)(c1ccccc1)N1CCc2cc(N(c3ccccc3)C3CC3)ccc21. The van der Waals surface area contributed by atoms with E-state index >= 15 is 0 Å². The fourth-order valence-corrected chi connectivity index (χ4v) is 5.49. The summed E-state index contributed by atoms with van der Waals surface area (Å²) in [5, 5.41) is 0.